The number of nitrogens with zero attached hydrogens (tertiary/aromatic N) is 1. The van der Waals surface area contributed by atoms with Crippen LogP contribution in [0, 0.1) is 5.41 Å². The maximum Gasteiger partial charge on any atom is 0.0165 e. The maximum absolute atomic E-state index is 4.39. The van der Waals surface area contributed by atoms with Gasteiger partial charge in [-0.15, -0.1) is 0 Å². The van der Waals surface area contributed by atoms with E-state index in [0.717, 1.165) is 5.75 Å². The van der Waals surface area contributed by atoms with Gasteiger partial charge in [0.25, 0.3) is 0 Å². The Morgan fingerprint density at radius 2 is 1.77 bits per heavy atom. The van der Waals surface area contributed by atoms with Gasteiger partial charge in [0, 0.05) is 31.1 Å². The largest absolute Gasteiger partial charge is 0.301 e. The molecule has 0 bridgehead atoms. The summed E-state index contributed by atoms with van der Waals surface area (Å²) < 4.78 is 0. The van der Waals surface area contributed by atoms with E-state index in [2.05, 4.69) is 31.4 Å². The van der Waals surface area contributed by atoms with E-state index < -0.39 is 0 Å². The molecule has 1 nitrogen and oxygen atoms in total. The molecular weight excluding hydrogens is 218 g/mol. The van der Waals surface area contributed by atoms with Crippen LogP contribution in [0.15, 0.2) is 0 Å². The molecule has 0 N–H and O–H groups in total. The summed E-state index contributed by atoms with van der Waals surface area (Å²) in [6.45, 7) is 8.28. The predicted molar refractivity (Wildman–Crippen MR) is 69.0 cm³/mol. The van der Waals surface area contributed by atoms with Crippen molar-refractivity contribution in [2.75, 3.05) is 36.9 Å². The van der Waals surface area contributed by atoms with Gasteiger partial charge in [0.2, 0.25) is 0 Å². The molecule has 0 saturated carbocycles. The molecule has 1 heterocycles. The van der Waals surface area contributed by atoms with Crippen LogP contribution in [0.1, 0.15) is 13.8 Å². The molecule has 0 radical (unpaired) electrons. The zero-order valence-corrected chi connectivity index (χ0v) is 11.0. The van der Waals surface area contributed by atoms with E-state index in [1.165, 1.54) is 31.1 Å². The summed E-state index contributed by atoms with van der Waals surface area (Å²) in [4.78, 5) is 2.57. The van der Waals surface area contributed by atoms with Crippen molar-refractivity contribution in [2.24, 2.45) is 5.41 Å². The predicted octanol–water partition coefficient (Wildman–Crippen LogP) is 2.64. The van der Waals surface area contributed by atoms with Gasteiger partial charge in [0.1, 0.15) is 0 Å². The highest BCUT2D eigenvalue weighted by molar-refractivity contribution is 8.76. The Balaban J connectivity index is 2.33. The van der Waals surface area contributed by atoms with Gasteiger partial charge in [-0.3, -0.25) is 0 Å². The lowest BCUT2D eigenvalue weighted by molar-refractivity contribution is 0.215. The first-order valence-corrected chi connectivity index (χ1v) is 7.84. The third-order valence-corrected chi connectivity index (χ3v) is 5.37. The lowest BCUT2D eigenvalue weighted by atomic mass is 9.95. The van der Waals surface area contributed by atoms with E-state index in [4.69, 9.17) is 0 Å². The van der Waals surface area contributed by atoms with Gasteiger partial charge in [0.05, 0.1) is 0 Å². The quantitative estimate of drug-likeness (QED) is 0.594. The fourth-order valence-electron chi connectivity index (χ4n) is 1.38. The van der Waals surface area contributed by atoms with Gasteiger partial charge in [-0.2, -0.15) is 12.6 Å². The topological polar surface area (TPSA) is 3.24 Å². The van der Waals surface area contributed by atoms with Crippen molar-refractivity contribution >= 4 is 34.2 Å². The van der Waals surface area contributed by atoms with Crippen molar-refractivity contribution in [3.05, 3.63) is 0 Å². The summed E-state index contributed by atoms with van der Waals surface area (Å²) in [5.74, 6) is 3.52. The van der Waals surface area contributed by atoms with Gasteiger partial charge >= 0.3 is 0 Å². The second-order valence-electron chi connectivity index (χ2n) is 4.24. The second kappa shape index (κ2) is 5.79. The first-order chi connectivity index (χ1) is 6.14. The molecule has 4 heteroatoms. The summed E-state index contributed by atoms with van der Waals surface area (Å²) in [7, 11) is 4.02. The van der Waals surface area contributed by atoms with E-state index in [1.807, 2.05) is 21.6 Å². The van der Waals surface area contributed by atoms with Crippen molar-refractivity contribution in [2.45, 2.75) is 13.8 Å². The van der Waals surface area contributed by atoms with Crippen LogP contribution in [0.2, 0.25) is 0 Å². The third kappa shape index (κ3) is 4.86. The highest BCUT2D eigenvalue weighted by Gasteiger charge is 2.20. The number of rotatable bonds is 3. The Morgan fingerprint density at radius 3 is 2.23 bits per heavy atom. The van der Waals surface area contributed by atoms with E-state index in [0.29, 0.717) is 5.41 Å². The Hall–Kier alpha value is 1.01. The Kier molecular flexibility index (Phi) is 5.38. The van der Waals surface area contributed by atoms with Crippen LogP contribution in [0.4, 0.5) is 0 Å². The molecule has 1 aliphatic rings. The van der Waals surface area contributed by atoms with Crippen LogP contribution in [-0.2, 0) is 0 Å². The molecule has 0 atom stereocenters. The van der Waals surface area contributed by atoms with Crippen LogP contribution in [0.25, 0.3) is 0 Å². The highest BCUT2D eigenvalue weighted by atomic mass is 33.1. The Labute approximate surface area is 95.2 Å². The maximum atomic E-state index is 4.39. The molecule has 1 rings (SSSR count). The summed E-state index contributed by atoms with van der Waals surface area (Å²) in [6, 6.07) is 0. The normalized spacial score (nSPS) is 21.5. The van der Waals surface area contributed by atoms with Crippen molar-refractivity contribution in [3.63, 3.8) is 0 Å². The van der Waals surface area contributed by atoms with Crippen LogP contribution in [0.3, 0.4) is 0 Å². The zero-order chi connectivity index (χ0) is 9.73. The highest BCUT2D eigenvalue weighted by Crippen LogP contribution is 2.26. The lowest BCUT2D eigenvalue weighted by Gasteiger charge is -2.30. The standard InChI is InChI=1S/C9H19NS3/c1-9(2,8-11)7-10-3-5-12-13-6-4-10/h11H,3-8H2,1-2H3. The van der Waals surface area contributed by atoms with Crippen LogP contribution in [-0.4, -0.2) is 41.8 Å². The van der Waals surface area contributed by atoms with Crippen LogP contribution in [0.5, 0.6) is 0 Å². The van der Waals surface area contributed by atoms with E-state index in [-0.39, 0.29) is 0 Å². The summed E-state index contributed by atoms with van der Waals surface area (Å²) in [5.41, 5.74) is 0.364. The second-order valence-corrected chi connectivity index (χ2v) is 7.26. The summed E-state index contributed by atoms with van der Waals surface area (Å²) in [5, 5.41) is 0. The molecule has 1 saturated heterocycles. The SMILES string of the molecule is CC(C)(CS)CN1CCSSCC1. The third-order valence-electron chi connectivity index (χ3n) is 2.14. The van der Waals surface area contributed by atoms with Gasteiger partial charge in [0.15, 0.2) is 0 Å². The number of thiol groups is 1. The molecule has 78 valence electrons. The smallest absolute Gasteiger partial charge is 0.0165 e. The lowest BCUT2D eigenvalue weighted by Crippen LogP contribution is -2.37. The summed E-state index contributed by atoms with van der Waals surface area (Å²) in [6.07, 6.45) is 0. The minimum atomic E-state index is 0.364. The molecule has 0 aromatic heterocycles. The minimum absolute atomic E-state index is 0.364. The molecule has 1 fully saturated rings. The monoisotopic (exact) mass is 237 g/mol. The van der Waals surface area contributed by atoms with Crippen molar-refractivity contribution in [1.82, 2.24) is 4.90 Å². The van der Waals surface area contributed by atoms with Crippen LogP contribution < -0.4 is 0 Å². The van der Waals surface area contributed by atoms with Gasteiger partial charge in [-0.1, -0.05) is 35.4 Å². The molecular formula is C9H19NS3. The minimum Gasteiger partial charge on any atom is -0.301 e. The van der Waals surface area contributed by atoms with Crippen molar-refractivity contribution in [1.29, 1.82) is 0 Å². The average molecular weight is 237 g/mol. The number of hydrogen-bond acceptors (Lipinski definition) is 4. The molecule has 1 aliphatic heterocycles. The molecule has 0 aromatic carbocycles. The molecule has 0 spiro atoms. The molecule has 0 unspecified atom stereocenters. The molecule has 0 aromatic rings. The van der Waals surface area contributed by atoms with E-state index in [1.54, 1.807) is 0 Å². The zero-order valence-electron chi connectivity index (χ0n) is 8.45. The van der Waals surface area contributed by atoms with Crippen LogP contribution >= 0.6 is 34.2 Å². The first-order valence-electron chi connectivity index (χ1n) is 4.72. The summed E-state index contributed by atoms with van der Waals surface area (Å²) >= 11 is 4.39. The van der Waals surface area contributed by atoms with Gasteiger partial charge in [-0.05, 0) is 11.2 Å². The molecule has 0 amide bonds. The Morgan fingerprint density at radius 1 is 1.23 bits per heavy atom. The van der Waals surface area contributed by atoms with E-state index in [9.17, 15) is 0 Å². The van der Waals surface area contributed by atoms with Gasteiger partial charge in [-0.25, -0.2) is 0 Å². The molecule has 0 aliphatic carbocycles. The van der Waals surface area contributed by atoms with Gasteiger partial charge < -0.3 is 4.90 Å². The first kappa shape index (κ1) is 12.1. The number of hydrogen-bond donors (Lipinski definition) is 1. The Bertz CT molecular complexity index is 142. The van der Waals surface area contributed by atoms with E-state index >= 15 is 0 Å². The molecule has 13 heavy (non-hydrogen) atoms. The average Bonchev–Trinajstić information content (AvgIpc) is 2.32. The fraction of sp³-hybridized carbons (Fsp3) is 1.00. The van der Waals surface area contributed by atoms with Crippen molar-refractivity contribution in [3.8, 4) is 0 Å². The van der Waals surface area contributed by atoms with Crippen molar-refractivity contribution < 1.29 is 0 Å². The fourth-order valence-corrected chi connectivity index (χ4v) is 3.53.